The average Bonchev–Trinajstić information content (AvgIpc) is 2.37. The van der Waals surface area contributed by atoms with Crippen molar-refractivity contribution in [1.29, 1.82) is 0 Å². The third kappa shape index (κ3) is 3.87. The molecule has 0 spiro atoms. The Morgan fingerprint density at radius 1 is 1.22 bits per heavy atom. The smallest absolute Gasteiger partial charge is 0.325 e. The Kier molecular flexibility index (Phi) is 4.74. The summed E-state index contributed by atoms with van der Waals surface area (Å²) in [6.07, 6.45) is -4.68. The van der Waals surface area contributed by atoms with Gasteiger partial charge >= 0.3 is 6.18 Å². The molecule has 23 heavy (non-hydrogen) atoms. The van der Waals surface area contributed by atoms with Crippen LogP contribution in [0.15, 0.2) is 28.7 Å². The highest BCUT2D eigenvalue weighted by Gasteiger charge is 2.32. The van der Waals surface area contributed by atoms with Crippen LogP contribution in [0.3, 0.4) is 0 Å². The van der Waals surface area contributed by atoms with E-state index in [-0.39, 0.29) is 21.3 Å². The molecule has 0 atom stereocenters. The molecular weight excluding hydrogens is 385 g/mol. The summed E-state index contributed by atoms with van der Waals surface area (Å²) in [6, 6.07) is 5.04. The van der Waals surface area contributed by atoms with E-state index in [2.05, 4.69) is 27.3 Å². The summed E-state index contributed by atoms with van der Waals surface area (Å²) in [5.41, 5.74) is -1.79. The number of hydrogen-bond acceptors (Lipinski definition) is 1. The predicted molar refractivity (Wildman–Crippen MR) is 77.6 cm³/mol. The largest absolute Gasteiger partial charge is 0.416 e. The van der Waals surface area contributed by atoms with Crippen molar-refractivity contribution in [3.8, 4) is 11.1 Å². The minimum absolute atomic E-state index is 0.0886. The van der Waals surface area contributed by atoms with Gasteiger partial charge in [-0.2, -0.15) is 13.2 Å². The number of nitrogens with one attached hydrogen (secondary N) is 1. The molecule has 0 saturated carbocycles. The van der Waals surface area contributed by atoms with Crippen molar-refractivity contribution in [1.82, 2.24) is 0 Å². The van der Waals surface area contributed by atoms with Crippen molar-refractivity contribution in [2.45, 2.75) is 13.1 Å². The number of hydrogen-bond donors (Lipinski definition) is 1. The molecule has 0 aromatic heterocycles. The van der Waals surface area contributed by atoms with Crippen molar-refractivity contribution >= 4 is 27.5 Å². The van der Waals surface area contributed by atoms with Crippen LogP contribution < -0.4 is 5.32 Å². The number of benzene rings is 2. The standard InChI is InChI=1S/C15H8BrF5NO/c1-7(23)22-13-3-2-8(15(19,20)21)4-10(13)14-11(16)5-9(17)6-12(14)18/h2,4-6H,1H3,(H,22,23). The predicted octanol–water partition coefficient (Wildman–Crippen LogP) is 5.17. The molecule has 0 aliphatic carbocycles. The fraction of sp³-hybridized carbons (Fsp3) is 0.133. The van der Waals surface area contributed by atoms with Crippen molar-refractivity contribution in [3.05, 3.63) is 52.0 Å². The van der Waals surface area contributed by atoms with Crippen molar-refractivity contribution in [2.24, 2.45) is 0 Å². The quantitative estimate of drug-likeness (QED) is 0.701. The van der Waals surface area contributed by atoms with E-state index in [1.54, 1.807) is 0 Å². The number of rotatable bonds is 2. The van der Waals surface area contributed by atoms with Gasteiger partial charge in [-0.3, -0.25) is 4.79 Å². The third-order valence-corrected chi connectivity index (χ3v) is 3.47. The van der Waals surface area contributed by atoms with Crippen LogP contribution in [-0.4, -0.2) is 5.91 Å². The van der Waals surface area contributed by atoms with Gasteiger partial charge in [0.2, 0.25) is 5.91 Å². The number of carbonyl (C=O) groups is 1. The first kappa shape index (κ1) is 17.4. The monoisotopic (exact) mass is 392 g/mol. The Morgan fingerprint density at radius 2 is 1.87 bits per heavy atom. The molecule has 0 aliphatic heterocycles. The molecule has 2 rings (SSSR count). The van der Waals surface area contributed by atoms with Gasteiger partial charge in [-0.1, -0.05) is 0 Å². The van der Waals surface area contributed by atoms with E-state index in [1.807, 2.05) is 0 Å². The zero-order valence-corrected chi connectivity index (χ0v) is 13.1. The van der Waals surface area contributed by atoms with Gasteiger partial charge in [0.15, 0.2) is 0 Å². The van der Waals surface area contributed by atoms with Gasteiger partial charge in [0.25, 0.3) is 0 Å². The molecule has 121 valence electrons. The summed E-state index contributed by atoms with van der Waals surface area (Å²) in [4.78, 5) is 11.2. The van der Waals surface area contributed by atoms with Crippen molar-refractivity contribution in [2.75, 3.05) is 5.32 Å². The van der Waals surface area contributed by atoms with Gasteiger partial charge in [0.1, 0.15) is 11.6 Å². The minimum atomic E-state index is -4.68. The lowest BCUT2D eigenvalue weighted by Crippen LogP contribution is -2.10. The Hall–Kier alpha value is -1.96. The molecule has 1 radical (unpaired) electrons. The molecule has 8 heteroatoms. The minimum Gasteiger partial charge on any atom is -0.325 e. The maximum atomic E-state index is 14.1. The van der Waals surface area contributed by atoms with Gasteiger partial charge in [-0.05, 0) is 34.1 Å². The van der Waals surface area contributed by atoms with Crippen LogP contribution >= 0.6 is 15.9 Å². The van der Waals surface area contributed by atoms with Crippen molar-refractivity contribution in [3.63, 3.8) is 0 Å². The molecule has 0 unspecified atom stereocenters. The molecule has 0 saturated heterocycles. The summed E-state index contributed by atoms with van der Waals surface area (Å²) in [5, 5.41) is 2.28. The molecule has 0 bridgehead atoms. The molecule has 2 aromatic carbocycles. The van der Waals surface area contributed by atoms with Gasteiger partial charge in [-0.15, -0.1) is 0 Å². The molecular formula is C15H8BrF5NO. The fourth-order valence-corrected chi connectivity index (χ4v) is 2.56. The Bertz CT molecular complexity index is 750. The Labute approximate surface area is 136 Å². The van der Waals surface area contributed by atoms with Crippen LogP contribution in [0.1, 0.15) is 12.5 Å². The van der Waals surface area contributed by atoms with Gasteiger partial charge in [-0.25, -0.2) is 8.78 Å². The summed E-state index contributed by atoms with van der Waals surface area (Å²) in [6.45, 7) is 1.14. The number of alkyl halides is 3. The molecule has 1 N–H and O–H groups in total. The van der Waals surface area contributed by atoms with Crippen molar-refractivity contribution < 1.29 is 26.7 Å². The maximum absolute atomic E-state index is 14.1. The van der Waals surface area contributed by atoms with E-state index in [1.165, 1.54) is 0 Å². The van der Waals surface area contributed by atoms with Crippen LogP contribution in [0, 0.1) is 17.7 Å². The zero-order chi connectivity index (χ0) is 17.4. The first-order valence-electron chi connectivity index (χ1n) is 6.15. The lowest BCUT2D eigenvalue weighted by atomic mass is 9.99. The molecule has 0 aliphatic rings. The molecule has 0 fully saturated rings. The molecule has 2 nitrogen and oxygen atoms in total. The fourth-order valence-electron chi connectivity index (χ4n) is 1.94. The second-order valence-electron chi connectivity index (χ2n) is 4.60. The SMILES string of the molecule is CC(=O)Nc1[c]cc(C(F)(F)F)cc1-c1c(F)cc(F)cc1Br. The highest BCUT2D eigenvalue weighted by molar-refractivity contribution is 9.10. The lowest BCUT2D eigenvalue weighted by molar-refractivity contribution is -0.137. The first-order chi connectivity index (χ1) is 10.6. The highest BCUT2D eigenvalue weighted by atomic mass is 79.9. The number of amides is 1. The lowest BCUT2D eigenvalue weighted by Gasteiger charge is -2.15. The second-order valence-corrected chi connectivity index (χ2v) is 5.45. The third-order valence-electron chi connectivity index (χ3n) is 2.85. The second kappa shape index (κ2) is 6.27. The summed E-state index contributed by atoms with van der Waals surface area (Å²) < 4.78 is 65.8. The molecule has 2 aromatic rings. The van der Waals surface area contributed by atoms with Crippen LogP contribution in [0.25, 0.3) is 11.1 Å². The zero-order valence-electron chi connectivity index (χ0n) is 11.5. The molecule has 1 amide bonds. The van der Waals surface area contributed by atoms with Crippen LogP contribution in [0.2, 0.25) is 0 Å². The number of anilines is 1. The summed E-state index contributed by atoms with van der Waals surface area (Å²) in [5.74, 6) is -2.53. The average molecular weight is 393 g/mol. The van der Waals surface area contributed by atoms with E-state index in [0.717, 1.165) is 13.0 Å². The topological polar surface area (TPSA) is 29.1 Å². The van der Waals surface area contributed by atoms with E-state index in [0.29, 0.717) is 18.2 Å². The normalized spacial score (nSPS) is 11.4. The number of carbonyl (C=O) groups excluding carboxylic acids is 1. The van der Waals surface area contributed by atoms with Crippen LogP contribution in [0.5, 0.6) is 0 Å². The maximum Gasteiger partial charge on any atom is 0.416 e. The van der Waals surface area contributed by atoms with Gasteiger partial charge in [0, 0.05) is 34.7 Å². The highest BCUT2D eigenvalue weighted by Crippen LogP contribution is 2.40. The number of halogens is 6. The Balaban J connectivity index is 2.74. The van der Waals surface area contributed by atoms with Crippen LogP contribution in [-0.2, 0) is 11.0 Å². The van der Waals surface area contributed by atoms with E-state index >= 15 is 0 Å². The Morgan fingerprint density at radius 3 is 2.39 bits per heavy atom. The van der Waals surface area contributed by atoms with E-state index in [4.69, 9.17) is 0 Å². The first-order valence-corrected chi connectivity index (χ1v) is 6.94. The van der Waals surface area contributed by atoms with E-state index in [9.17, 15) is 26.7 Å². The van der Waals surface area contributed by atoms with Gasteiger partial charge in [0.05, 0.1) is 11.3 Å². The molecule has 0 heterocycles. The van der Waals surface area contributed by atoms with Gasteiger partial charge < -0.3 is 5.32 Å². The summed E-state index contributed by atoms with van der Waals surface area (Å²) in [7, 11) is 0. The van der Waals surface area contributed by atoms with Crippen LogP contribution in [0.4, 0.5) is 27.6 Å². The summed E-state index contributed by atoms with van der Waals surface area (Å²) >= 11 is 2.92. The van der Waals surface area contributed by atoms with E-state index < -0.39 is 29.3 Å².